The lowest BCUT2D eigenvalue weighted by Gasteiger charge is -2.30. The Morgan fingerprint density at radius 1 is 1.30 bits per heavy atom. The number of nitrogens with one attached hydrogen (secondary N) is 1. The van der Waals surface area contributed by atoms with Gasteiger partial charge in [-0.2, -0.15) is 0 Å². The number of piperidine rings is 1. The van der Waals surface area contributed by atoms with E-state index in [9.17, 15) is 4.79 Å². The molecule has 1 aromatic rings. The van der Waals surface area contributed by atoms with E-state index in [-0.39, 0.29) is 5.91 Å². The molecular formula is C19H28N2O2. The van der Waals surface area contributed by atoms with Gasteiger partial charge in [0, 0.05) is 25.6 Å². The predicted molar refractivity (Wildman–Crippen MR) is 91.6 cm³/mol. The highest BCUT2D eigenvalue weighted by molar-refractivity contribution is 5.76. The number of amides is 1. The van der Waals surface area contributed by atoms with Crippen molar-refractivity contribution in [3.8, 4) is 5.75 Å². The Kier molecular flexibility index (Phi) is 5.21. The van der Waals surface area contributed by atoms with Gasteiger partial charge < -0.3 is 15.0 Å². The molecule has 0 aliphatic carbocycles. The van der Waals surface area contributed by atoms with Crippen LogP contribution >= 0.6 is 0 Å². The molecule has 2 bridgehead atoms. The molecule has 4 nitrogen and oxygen atoms in total. The first-order valence-corrected chi connectivity index (χ1v) is 8.79. The number of carbonyl (C=O) groups is 1. The number of fused-ring (bicyclic) bond motifs is 2. The molecule has 1 amide bonds. The van der Waals surface area contributed by atoms with Gasteiger partial charge in [0.05, 0.1) is 6.54 Å². The maximum atomic E-state index is 12.4. The number of rotatable bonds is 6. The van der Waals surface area contributed by atoms with Gasteiger partial charge in [-0.05, 0) is 56.2 Å². The van der Waals surface area contributed by atoms with Crippen molar-refractivity contribution < 1.29 is 9.53 Å². The normalized spacial score (nSPS) is 26.1. The molecule has 0 aromatic heterocycles. The van der Waals surface area contributed by atoms with Gasteiger partial charge in [0.15, 0.2) is 0 Å². The number of ether oxygens (including phenoxy) is 1. The molecule has 0 saturated carbocycles. The van der Waals surface area contributed by atoms with E-state index >= 15 is 0 Å². The van der Waals surface area contributed by atoms with Crippen molar-refractivity contribution in [2.45, 2.75) is 51.1 Å². The van der Waals surface area contributed by atoms with Crippen molar-refractivity contribution >= 4 is 5.91 Å². The first-order valence-electron chi connectivity index (χ1n) is 8.79. The van der Waals surface area contributed by atoms with Crippen molar-refractivity contribution in [3.05, 3.63) is 29.8 Å². The largest absolute Gasteiger partial charge is 0.492 e. The number of carbonyl (C=O) groups excluding carboxylic acids is 1. The standard InChI is InChI=1S/C19H28N2O2/c1-14-4-3-5-18(10-14)23-9-8-21(2)19(22)13-15-11-16-6-7-17(12-15)20-16/h3-5,10,15-17,20H,6-9,11-13H2,1-2H3. The van der Waals surface area contributed by atoms with Gasteiger partial charge in [0.1, 0.15) is 12.4 Å². The molecule has 4 heteroatoms. The van der Waals surface area contributed by atoms with E-state index in [1.165, 1.54) is 18.4 Å². The van der Waals surface area contributed by atoms with Crippen LogP contribution in [-0.2, 0) is 4.79 Å². The summed E-state index contributed by atoms with van der Waals surface area (Å²) in [6.07, 6.45) is 5.59. The van der Waals surface area contributed by atoms with E-state index in [1.807, 2.05) is 30.1 Å². The maximum Gasteiger partial charge on any atom is 0.222 e. The van der Waals surface area contributed by atoms with E-state index < -0.39 is 0 Å². The number of nitrogens with zero attached hydrogens (tertiary/aromatic N) is 1. The number of hydrogen-bond donors (Lipinski definition) is 1. The number of likely N-dealkylation sites (N-methyl/N-ethyl adjacent to an activating group) is 1. The minimum absolute atomic E-state index is 0.254. The zero-order chi connectivity index (χ0) is 16.2. The fourth-order valence-corrected chi connectivity index (χ4v) is 3.87. The number of hydrogen-bond acceptors (Lipinski definition) is 3. The van der Waals surface area contributed by atoms with E-state index in [2.05, 4.69) is 18.3 Å². The molecule has 2 heterocycles. The number of benzene rings is 1. The summed E-state index contributed by atoms with van der Waals surface area (Å²) < 4.78 is 5.74. The van der Waals surface area contributed by atoms with Crippen molar-refractivity contribution in [2.75, 3.05) is 20.2 Å². The summed E-state index contributed by atoms with van der Waals surface area (Å²) in [6.45, 7) is 3.24. The average Bonchev–Trinajstić information content (AvgIpc) is 2.86. The zero-order valence-electron chi connectivity index (χ0n) is 14.3. The lowest BCUT2D eigenvalue weighted by atomic mass is 9.89. The molecule has 2 unspecified atom stereocenters. The molecule has 126 valence electrons. The van der Waals surface area contributed by atoms with Crippen LogP contribution in [0.2, 0.25) is 0 Å². The van der Waals surface area contributed by atoms with Gasteiger partial charge in [0.2, 0.25) is 5.91 Å². The van der Waals surface area contributed by atoms with Crippen LogP contribution in [0.3, 0.4) is 0 Å². The molecule has 3 rings (SSSR count). The summed E-state index contributed by atoms with van der Waals surface area (Å²) in [6, 6.07) is 9.33. The van der Waals surface area contributed by atoms with Gasteiger partial charge in [-0.15, -0.1) is 0 Å². The first-order chi connectivity index (χ1) is 11.1. The van der Waals surface area contributed by atoms with Crippen LogP contribution in [0.15, 0.2) is 24.3 Å². The molecule has 2 fully saturated rings. The zero-order valence-corrected chi connectivity index (χ0v) is 14.3. The van der Waals surface area contributed by atoms with Gasteiger partial charge in [0.25, 0.3) is 0 Å². The molecule has 2 aliphatic heterocycles. The van der Waals surface area contributed by atoms with Gasteiger partial charge in [-0.25, -0.2) is 0 Å². The highest BCUT2D eigenvalue weighted by atomic mass is 16.5. The third-order valence-corrected chi connectivity index (χ3v) is 5.14. The summed E-state index contributed by atoms with van der Waals surface area (Å²) in [5.74, 6) is 1.69. The Hall–Kier alpha value is -1.55. The molecule has 1 N–H and O–H groups in total. The second kappa shape index (κ2) is 7.35. The Bertz CT molecular complexity index is 534. The van der Waals surface area contributed by atoms with Crippen LogP contribution in [0, 0.1) is 12.8 Å². The highest BCUT2D eigenvalue weighted by Crippen LogP contribution is 2.32. The van der Waals surface area contributed by atoms with Crippen LogP contribution in [0.25, 0.3) is 0 Å². The quantitative estimate of drug-likeness (QED) is 0.877. The molecule has 23 heavy (non-hydrogen) atoms. The second-order valence-corrected chi connectivity index (χ2v) is 7.16. The van der Waals surface area contributed by atoms with Gasteiger partial charge in [-0.3, -0.25) is 4.79 Å². The van der Waals surface area contributed by atoms with Crippen LogP contribution in [0.1, 0.15) is 37.7 Å². The fraction of sp³-hybridized carbons (Fsp3) is 0.632. The summed E-state index contributed by atoms with van der Waals surface area (Å²) in [5.41, 5.74) is 1.19. The van der Waals surface area contributed by atoms with Crippen molar-refractivity contribution in [2.24, 2.45) is 5.92 Å². The summed E-state index contributed by atoms with van der Waals surface area (Å²) in [7, 11) is 1.89. The topological polar surface area (TPSA) is 41.6 Å². The Morgan fingerprint density at radius 3 is 2.74 bits per heavy atom. The van der Waals surface area contributed by atoms with E-state index in [4.69, 9.17) is 4.74 Å². The van der Waals surface area contributed by atoms with E-state index in [0.717, 1.165) is 18.6 Å². The van der Waals surface area contributed by atoms with Crippen LogP contribution in [-0.4, -0.2) is 43.1 Å². The molecular weight excluding hydrogens is 288 g/mol. The smallest absolute Gasteiger partial charge is 0.222 e. The molecule has 0 spiro atoms. The highest BCUT2D eigenvalue weighted by Gasteiger charge is 2.34. The van der Waals surface area contributed by atoms with Crippen LogP contribution < -0.4 is 10.1 Å². The Labute approximate surface area is 139 Å². The van der Waals surface area contributed by atoms with Crippen molar-refractivity contribution in [3.63, 3.8) is 0 Å². The summed E-state index contributed by atoms with van der Waals surface area (Å²) >= 11 is 0. The first kappa shape index (κ1) is 16.3. The molecule has 2 saturated heterocycles. The summed E-state index contributed by atoms with van der Waals surface area (Å²) in [4.78, 5) is 14.2. The van der Waals surface area contributed by atoms with E-state index in [0.29, 0.717) is 37.6 Å². The third-order valence-electron chi connectivity index (χ3n) is 5.14. The minimum Gasteiger partial charge on any atom is -0.492 e. The lowest BCUT2D eigenvalue weighted by Crippen LogP contribution is -2.40. The van der Waals surface area contributed by atoms with Crippen molar-refractivity contribution in [1.82, 2.24) is 10.2 Å². The fourth-order valence-electron chi connectivity index (χ4n) is 3.87. The van der Waals surface area contributed by atoms with Gasteiger partial charge >= 0.3 is 0 Å². The second-order valence-electron chi connectivity index (χ2n) is 7.16. The molecule has 1 aromatic carbocycles. The Morgan fingerprint density at radius 2 is 2.04 bits per heavy atom. The molecule has 0 radical (unpaired) electrons. The predicted octanol–water partition coefficient (Wildman–Crippen LogP) is 2.75. The Balaban J connectivity index is 1.39. The maximum absolute atomic E-state index is 12.4. The monoisotopic (exact) mass is 316 g/mol. The SMILES string of the molecule is Cc1cccc(OCCN(C)C(=O)CC2CC3CCC(C2)N3)c1. The molecule has 2 atom stereocenters. The third kappa shape index (κ3) is 4.47. The van der Waals surface area contributed by atoms with Crippen molar-refractivity contribution in [1.29, 1.82) is 0 Å². The van der Waals surface area contributed by atoms with Crippen LogP contribution in [0.5, 0.6) is 5.75 Å². The average molecular weight is 316 g/mol. The lowest BCUT2D eigenvalue weighted by molar-refractivity contribution is -0.131. The number of aryl methyl sites for hydroxylation is 1. The minimum atomic E-state index is 0.254. The summed E-state index contributed by atoms with van der Waals surface area (Å²) in [5, 5.41) is 3.63. The van der Waals surface area contributed by atoms with Crippen LogP contribution in [0.4, 0.5) is 0 Å². The van der Waals surface area contributed by atoms with E-state index in [1.54, 1.807) is 0 Å². The van der Waals surface area contributed by atoms with Gasteiger partial charge in [-0.1, -0.05) is 12.1 Å². The molecule has 2 aliphatic rings.